The number of anilines is 1. The molecule has 5 nitrogen and oxygen atoms in total. The summed E-state index contributed by atoms with van der Waals surface area (Å²) < 4.78 is 2.43. The molecule has 0 amide bonds. The minimum absolute atomic E-state index is 0.498. The number of thiazole rings is 1. The Morgan fingerprint density at radius 2 is 2.19 bits per heavy atom. The van der Waals surface area contributed by atoms with Crippen molar-refractivity contribution in [2.24, 2.45) is 7.05 Å². The maximum atomic E-state index is 5.92. The quantitative estimate of drug-likeness (QED) is 0.723. The molecule has 3 heterocycles. The van der Waals surface area contributed by atoms with Gasteiger partial charge in [-0.15, -0.1) is 0 Å². The summed E-state index contributed by atoms with van der Waals surface area (Å²) in [7, 11) is 3.76. The van der Waals surface area contributed by atoms with Crippen molar-refractivity contribution in [1.82, 2.24) is 19.5 Å². The summed E-state index contributed by atoms with van der Waals surface area (Å²) in [5, 5.41) is 3.03. The van der Waals surface area contributed by atoms with E-state index in [1.165, 1.54) is 11.3 Å². The Morgan fingerprint density at radius 1 is 1.38 bits per heavy atom. The number of pyridine rings is 1. The molecule has 0 aliphatic rings. The first kappa shape index (κ1) is 9.80. The molecule has 0 aliphatic heterocycles. The molecule has 0 saturated heterocycles. The Hall–Kier alpha value is -1.40. The van der Waals surface area contributed by atoms with E-state index in [1.54, 1.807) is 6.33 Å². The zero-order valence-corrected chi connectivity index (χ0v) is 10.2. The van der Waals surface area contributed by atoms with Crippen molar-refractivity contribution in [3.63, 3.8) is 0 Å². The van der Waals surface area contributed by atoms with Gasteiger partial charge in [0.15, 0.2) is 10.3 Å². The molecule has 1 N–H and O–H groups in total. The largest absolute Gasteiger partial charge is 0.371 e. The van der Waals surface area contributed by atoms with Gasteiger partial charge in [0.1, 0.15) is 21.4 Å². The number of rotatable bonds is 1. The molecular formula is C9H8ClN5S. The van der Waals surface area contributed by atoms with Gasteiger partial charge in [-0.05, 0) is 0 Å². The van der Waals surface area contributed by atoms with Gasteiger partial charge < -0.3 is 9.88 Å². The lowest BCUT2D eigenvalue weighted by Gasteiger charge is -2.01. The Bertz CT molecular complexity index is 686. The van der Waals surface area contributed by atoms with Crippen LogP contribution in [-0.2, 0) is 7.05 Å². The summed E-state index contributed by atoms with van der Waals surface area (Å²) in [6.45, 7) is 0. The summed E-state index contributed by atoms with van der Waals surface area (Å²) in [6.07, 6.45) is 1.75. The van der Waals surface area contributed by atoms with Gasteiger partial charge in [0.2, 0.25) is 0 Å². The van der Waals surface area contributed by atoms with Crippen LogP contribution in [0.1, 0.15) is 0 Å². The van der Waals surface area contributed by atoms with Crippen molar-refractivity contribution >= 4 is 50.1 Å². The van der Waals surface area contributed by atoms with Crippen molar-refractivity contribution in [3.05, 3.63) is 10.8 Å². The fourth-order valence-electron chi connectivity index (χ4n) is 1.73. The molecule has 16 heavy (non-hydrogen) atoms. The maximum Gasteiger partial charge on any atom is 0.186 e. The molecule has 3 rings (SSSR count). The highest BCUT2D eigenvalue weighted by Gasteiger charge is 2.15. The highest BCUT2D eigenvalue weighted by Crippen LogP contribution is 2.32. The third-order valence-corrected chi connectivity index (χ3v) is 3.47. The predicted octanol–water partition coefficient (Wildman–Crippen LogP) is 2.27. The summed E-state index contributed by atoms with van der Waals surface area (Å²) in [6, 6.07) is 0. The van der Waals surface area contributed by atoms with Gasteiger partial charge in [0.25, 0.3) is 0 Å². The molecule has 0 aromatic carbocycles. The second-order valence-electron chi connectivity index (χ2n) is 3.38. The molecule has 0 atom stereocenters. The highest BCUT2D eigenvalue weighted by atomic mass is 35.5. The van der Waals surface area contributed by atoms with Crippen LogP contribution in [0.25, 0.3) is 21.4 Å². The summed E-state index contributed by atoms with van der Waals surface area (Å²) in [5.74, 6) is 0.753. The zero-order valence-electron chi connectivity index (χ0n) is 8.65. The number of nitrogens with one attached hydrogen (secondary N) is 1. The van der Waals surface area contributed by atoms with E-state index in [0.717, 1.165) is 27.2 Å². The fourth-order valence-corrected chi connectivity index (χ4v) is 2.70. The number of hydrogen-bond donors (Lipinski definition) is 1. The third-order valence-electron chi connectivity index (χ3n) is 2.42. The normalized spacial score (nSPS) is 11.4. The van der Waals surface area contributed by atoms with Gasteiger partial charge >= 0.3 is 0 Å². The van der Waals surface area contributed by atoms with Gasteiger partial charge in [-0.2, -0.15) is 0 Å². The topological polar surface area (TPSA) is 55.6 Å². The van der Waals surface area contributed by atoms with Crippen LogP contribution in [0.5, 0.6) is 0 Å². The SMILES string of the molecule is CNc1nc2sc(Cl)nc2c2c1ncn2C. The fraction of sp³-hybridized carbons (Fsp3) is 0.222. The van der Waals surface area contributed by atoms with Crippen molar-refractivity contribution in [2.45, 2.75) is 0 Å². The summed E-state index contributed by atoms with van der Waals surface area (Å²) in [5.41, 5.74) is 2.58. The molecule has 7 heteroatoms. The van der Waals surface area contributed by atoms with Gasteiger partial charge in [0.05, 0.1) is 6.33 Å². The maximum absolute atomic E-state index is 5.92. The third kappa shape index (κ3) is 1.20. The van der Waals surface area contributed by atoms with Gasteiger partial charge in [-0.3, -0.25) is 0 Å². The minimum Gasteiger partial charge on any atom is -0.371 e. The lowest BCUT2D eigenvalue weighted by atomic mass is 10.3. The molecular weight excluding hydrogens is 246 g/mol. The lowest BCUT2D eigenvalue weighted by Crippen LogP contribution is -1.95. The highest BCUT2D eigenvalue weighted by molar-refractivity contribution is 7.21. The Balaban J connectivity index is 2.59. The van der Waals surface area contributed by atoms with Crippen LogP contribution in [0.4, 0.5) is 5.82 Å². The number of halogens is 1. The molecule has 3 aromatic heterocycles. The van der Waals surface area contributed by atoms with E-state index in [-0.39, 0.29) is 0 Å². The first-order valence-corrected chi connectivity index (χ1v) is 5.85. The van der Waals surface area contributed by atoms with E-state index in [0.29, 0.717) is 4.47 Å². The number of nitrogens with zero attached hydrogens (tertiary/aromatic N) is 4. The van der Waals surface area contributed by atoms with E-state index >= 15 is 0 Å². The monoisotopic (exact) mass is 253 g/mol. The van der Waals surface area contributed by atoms with Crippen LogP contribution in [-0.4, -0.2) is 26.6 Å². The summed E-state index contributed by atoms with van der Waals surface area (Å²) >= 11 is 7.29. The first-order valence-electron chi connectivity index (χ1n) is 4.65. The molecule has 0 spiro atoms. The van der Waals surface area contributed by atoms with Gasteiger partial charge in [-0.25, -0.2) is 15.0 Å². The average molecular weight is 254 g/mol. The van der Waals surface area contributed by atoms with E-state index in [2.05, 4.69) is 20.3 Å². The van der Waals surface area contributed by atoms with Crippen LogP contribution in [0.2, 0.25) is 4.47 Å². The van der Waals surface area contributed by atoms with Crippen LogP contribution < -0.4 is 5.32 Å². The van der Waals surface area contributed by atoms with E-state index in [4.69, 9.17) is 11.6 Å². The molecule has 82 valence electrons. The zero-order chi connectivity index (χ0) is 11.3. The van der Waals surface area contributed by atoms with Crippen molar-refractivity contribution in [1.29, 1.82) is 0 Å². The van der Waals surface area contributed by atoms with E-state index in [9.17, 15) is 0 Å². The van der Waals surface area contributed by atoms with Crippen LogP contribution in [0, 0.1) is 0 Å². The van der Waals surface area contributed by atoms with Gasteiger partial charge in [0, 0.05) is 14.1 Å². The lowest BCUT2D eigenvalue weighted by molar-refractivity contribution is 0.949. The molecule has 3 aromatic rings. The molecule has 0 aliphatic carbocycles. The second kappa shape index (κ2) is 3.29. The number of fused-ring (bicyclic) bond motifs is 3. The summed E-state index contributed by atoms with van der Waals surface area (Å²) in [4.78, 5) is 13.9. The van der Waals surface area contributed by atoms with Crippen LogP contribution >= 0.6 is 22.9 Å². The minimum atomic E-state index is 0.498. The smallest absolute Gasteiger partial charge is 0.186 e. The molecule has 0 radical (unpaired) electrons. The standard InChI is InChI=1S/C9H8ClN5S/c1-11-7-4-6(15(2)3-12-4)5-8(14-7)16-9(10)13-5/h3H,1-2H3,(H,11,14). The molecule has 0 fully saturated rings. The predicted molar refractivity (Wildman–Crippen MR) is 66.2 cm³/mol. The number of aryl methyl sites for hydroxylation is 1. The van der Waals surface area contributed by atoms with Crippen molar-refractivity contribution < 1.29 is 0 Å². The van der Waals surface area contributed by atoms with Crippen molar-refractivity contribution in [2.75, 3.05) is 12.4 Å². The van der Waals surface area contributed by atoms with Crippen molar-refractivity contribution in [3.8, 4) is 0 Å². The van der Waals surface area contributed by atoms with Gasteiger partial charge in [-0.1, -0.05) is 22.9 Å². The Morgan fingerprint density at radius 3 is 2.94 bits per heavy atom. The van der Waals surface area contributed by atoms with E-state index in [1.807, 2.05) is 18.7 Å². The second-order valence-corrected chi connectivity index (χ2v) is 4.94. The van der Waals surface area contributed by atoms with E-state index < -0.39 is 0 Å². The van der Waals surface area contributed by atoms with Crippen LogP contribution in [0.3, 0.4) is 0 Å². The van der Waals surface area contributed by atoms with Crippen LogP contribution in [0.15, 0.2) is 6.33 Å². The molecule has 0 saturated carbocycles. The molecule has 0 unspecified atom stereocenters. The Kier molecular flexibility index (Phi) is 2.02. The average Bonchev–Trinajstić information content (AvgIpc) is 2.80. The number of aromatic nitrogens is 4. The first-order chi connectivity index (χ1) is 7.70. The number of imidazole rings is 1. The Labute approximate surface area is 100 Å². The number of hydrogen-bond acceptors (Lipinski definition) is 5. The molecule has 0 bridgehead atoms.